The highest BCUT2D eigenvalue weighted by molar-refractivity contribution is 5.77. The number of para-hydroxylation sites is 2. The maximum atomic E-state index is 3.63. The zero-order valence-electron chi connectivity index (χ0n) is 9.06. The van der Waals surface area contributed by atoms with Crippen LogP contribution < -0.4 is 15.5 Å². The fourth-order valence-electron chi connectivity index (χ4n) is 3.15. The van der Waals surface area contributed by atoms with E-state index in [-0.39, 0.29) is 6.29 Å². The van der Waals surface area contributed by atoms with Gasteiger partial charge in [0.05, 0.1) is 17.4 Å². The molecule has 2 aliphatic heterocycles. The van der Waals surface area contributed by atoms with Gasteiger partial charge in [-0.2, -0.15) is 0 Å². The Kier molecular flexibility index (Phi) is 1.63. The molecule has 3 atom stereocenters. The quantitative estimate of drug-likeness (QED) is 0.644. The van der Waals surface area contributed by atoms with Gasteiger partial charge in [0.2, 0.25) is 0 Å². The van der Waals surface area contributed by atoms with Crippen molar-refractivity contribution < 1.29 is 0 Å². The average molecular weight is 213 g/mol. The number of hydrogen-bond donors (Lipinski definition) is 2. The van der Waals surface area contributed by atoms with E-state index < -0.39 is 0 Å². The first-order valence-corrected chi connectivity index (χ1v) is 6.00. The third kappa shape index (κ3) is 1.01. The van der Waals surface area contributed by atoms with E-state index in [0.717, 1.165) is 0 Å². The highest BCUT2D eigenvalue weighted by Gasteiger charge is 2.44. The summed E-state index contributed by atoms with van der Waals surface area (Å²) in [6.45, 7) is 0. The molecule has 82 valence electrons. The Morgan fingerprint density at radius 1 is 1.25 bits per heavy atom. The molecule has 0 radical (unpaired) electrons. The first-order valence-electron chi connectivity index (χ1n) is 6.00. The van der Waals surface area contributed by atoms with Crippen LogP contribution in [0.3, 0.4) is 0 Å². The van der Waals surface area contributed by atoms with Crippen molar-refractivity contribution in [3.63, 3.8) is 0 Å². The van der Waals surface area contributed by atoms with E-state index in [1.807, 2.05) is 0 Å². The molecule has 1 aromatic carbocycles. The number of allylic oxidation sites excluding steroid dienone is 1. The van der Waals surface area contributed by atoms with Crippen molar-refractivity contribution in [2.75, 3.05) is 10.2 Å². The number of nitrogens with one attached hydrogen (secondary N) is 2. The van der Waals surface area contributed by atoms with Gasteiger partial charge in [-0.05, 0) is 25.0 Å². The largest absolute Gasteiger partial charge is 0.351 e. The molecule has 0 amide bonds. The molecule has 3 heteroatoms. The van der Waals surface area contributed by atoms with E-state index in [4.69, 9.17) is 0 Å². The molecular weight excluding hydrogens is 198 g/mol. The van der Waals surface area contributed by atoms with Crippen LogP contribution in [-0.4, -0.2) is 18.4 Å². The number of anilines is 2. The van der Waals surface area contributed by atoms with Crippen molar-refractivity contribution in [1.82, 2.24) is 5.32 Å². The van der Waals surface area contributed by atoms with E-state index in [1.54, 1.807) is 0 Å². The highest BCUT2D eigenvalue weighted by atomic mass is 15.5. The Labute approximate surface area is 95.1 Å². The zero-order valence-corrected chi connectivity index (χ0v) is 9.06. The van der Waals surface area contributed by atoms with Crippen molar-refractivity contribution in [3.8, 4) is 0 Å². The molecule has 2 N–H and O–H groups in total. The van der Waals surface area contributed by atoms with Crippen molar-refractivity contribution in [1.29, 1.82) is 0 Å². The summed E-state index contributed by atoms with van der Waals surface area (Å²) in [5.41, 5.74) is 2.61. The van der Waals surface area contributed by atoms with Crippen LogP contribution in [0.5, 0.6) is 0 Å². The van der Waals surface area contributed by atoms with E-state index in [2.05, 4.69) is 52.0 Å². The lowest BCUT2D eigenvalue weighted by atomic mass is 9.97. The topological polar surface area (TPSA) is 27.3 Å². The summed E-state index contributed by atoms with van der Waals surface area (Å²) in [5.74, 6) is 0. The van der Waals surface area contributed by atoms with Crippen LogP contribution in [0.4, 0.5) is 11.4 Å². The second-order valence-electron chi connectivity index (χ2n) is 4.74. The minimum absolute atomic E-state index is 0.287. The molecular formula is C13H15N3. The molecule has 1 saturated heterocycles. The fourth-order valence-corrected chi connectivity index (χ4v) is 3.15. The molecule has 4 rings (SSSR count). The predicted molar refractivity (Wildman–Crippen MR) is 65.4 cm³/mol. The van der Waals surface area contributed by atoms with Gasteiger partial charge >= 0.3 is 0 Å². The maximum absolute atomic E-state index is 3.63. The second kappa shape index (κ2) is 3.01. The summed E-state index contributed by atoms with van der Waals surface area (Å²) < 4.78 is 0. The average Bonchev–Trinajstić information content (AvgIpc) is 2.83. The molecule has 0 bridgehead atoms. The molecule has 1 aromatic rings. The molecule has 0 aromatic heterocycles. The van der Waals surface area contributed by atoms with Gasteiger partial charge < -0.3 is 10.2 Å². The molecule has 3 aliphatic rings. The maximum Gasteiger partial charge on any atom is 0.156 e. The lowest BCUT2D eigenvalue weighted by Crippen LogP contribution is -2.39. The van der Waals surface area contributed by atoms with E-state index in [1.165, 1.54) is 24.2 Å². The second-order valence-corrected chi connectivity index (χ2v) is 4.74. The zero-order chi connectivity index (χ0) is 10.5. The van der Waals surface area contributed by atoms with Crippen molar-refractivity contribution >= 4 is 11.4 Å². The third-order valence-corrected chi connectivity index (χ3v) is 3.85. The summed E-state index contributed by atoms with van der Waals surface area (Å²) in [6, 6.07) is 9.71. The minimum atomic E-state index is 0.287. The lowest BCUT2D eigenvalue weighted by Gasteiger charge is -2.28. The lowest BCUT2D eigenvalue weighted by molar-refractivity contribution is 0.552. The van der Waals surface area contributed by atoms with Crippen molar-refractivity contribution in [2.24, 2.45) is 0 Å². The van der Waals surface area contributed by atoms with E-state index in [0.29, 0.717) is 12.1 Å². The van der Waals surface area contributed by atoms with Crippen LogP contribution >= 0.6 is 0 Å². The minimum Gasteiger partial charge on any atom is -0.351 e. The monoisotopic (exact) mass is 213 g/mol. The fraction of sp³-hybridized carbons (Fsp3) is 0.385. The summed E-state index contributed by atoms with van der Waals surface area (Å²) >= 11 is 0. The van der Waals surface area contributed by atoms with Crippen LogP contribution in [0.25, 0.3) is 0 Å². The standard InChI is InChI=1S/C13H15N3/c1-3-7-11-9(5-1)14-13-15-10-6-2-4-8-12(10)16(11)13/h1-3,5-7,10,12-15H,4,8H2. The summed E-state index contributed by atoms with van der Waals surface area (Å²) in [4.78, 5) is 2.50. The van der Waals surface area contributed by atoms with Gasteiger partial charge in [0.1, 0.15) is 0 Å². The molecule has 0 saturated carbocycles. The Morgan fingerprint density at radius 3 is 3.19 bits per heavy atom. The Bertz CT molecular complexity index is 454. The Hall–Kier alpha value is -1.48. The van der Waals surface area contributed by atoms with Gasteiger partial charge in [-0.15, -0.1) is 0 Å². The molecule has 2 heterocycles. The molecule has 0 spiro atoms. The number of benzene rings is 1. The Balaban J connectivity index is 1.78. The van der Waals surface area contributed by atoms with Gasteiger partial charge in [0.15, 0.2) is 6.29 Å². The summed E-state index contributed by atoms with van der Waals surface area (Å²) in [6.07, 6.45) is 7.35. The number of rotatable bonds is 0. The normalized spacial score (nSPS) is 34.2. The van der Waals surface area contributed by atoms with Gasteiger partial charge in [-0.25, -0.2) is 0 Å². The van der Waals surface area contributed by atoms with Gasteiger partial charge in [-0.1, -0.05) is 24.3 Å². The predicted octanol–water partition coefficient (Wildman–Crippen LogP) is 1.89. The smallest absolute Gasteiger partial charge is 0.156 e. The first-order chi connectivity index (χ1) is 7.93. The van der Waals surface area contributed by atoms with Crippen LogP contribution in [0.1, 0.15) is 12.8 Å². The van der Waals surface area contributed by atoms with Crippen LogP contribution in [-0.2, 0) is 0 Å². The van der Waals surface area contributed by atoms with Crippen molar-refractivity contribution in [2.45, 2.75) is 31.2 Å². The van der Waals surface area contributed by atoms with Crippen LogP contribution in [0.15, 0.2) is 36.4 Å². The molecule has 3 nitrogen and oxygen atoms in total. The van der Waals surface area contributed by atoms with Crippen LogP contribution in [0.2, 0.25) is 0 Å². The Morgan fingerprint density at radius 2 is 2.19 bits per heavy atom. The van der Waals surface area contributed by atoms with Crippen molar-refractivity contribution in [3.05, 3.63) is 36.4 Å². The SMILES string of the molecule is C1=CC2NC3Nc4ccccc4N3C2CC1. The van der Waals surface area contributed by atoms with E-state index in [9.17, 15) is 0 Å². The first kappa shape index (κ1) is 8.65. The van der Waals surface area contributed by atoms with Gasteiger partial charge in [0, 0.05) is 6.04 Å². The number of hydrogen-bond acceptors (Lipinski definition) is 3. The van der Waals surface area contributed by atoms with Gasteiger partial charge in [0.25, 0.3) is 0 Å². The molecule has 3 unspecified atom stereocenters. The molecule has 16 heavy (non-hydrogen) atoms. The van der Waals surface area contributed by atoms with Gasteiger partial charge in [-0.3, -0.25) is 5.32 Å². The molecule has 1 fully saturated rings. The van der Waals surface area contributed by atoms with Crippen LogP contribution in [0, 0.1) is 0 Å². The summed E-state index contributed by atoms with van der Waals surface area (Å²) in [5, 5.41) is 7.16. The van der Waals surface area contributed by atoms with E-state index >= 15 is 0 Å². The summed E-state index contributed by atoms with van der Waals surface area (Å²) in [7, 11) is 0. The highest BCUT2D eigenvalue weighted by Crippen LogP contribution is 2.40. The third-order valence-electron chi connectivity index (χ3n) is 3.85. The number of nitrogens with zero attached hydrogens (tertiary/aromatic N) is 1. The number of fused-ring (bicyclic) bond motifs is 5. The molecule has 1 aliphatic carbocycles.